The van der Waals surface area contributed by atoms with Gasteiger partial charge in [-0.2, -0.15) is 0 Å². The lowest BCUT2D eigenvalue weighted by Crippen LogP contribution is -2.27. The molecular formula is C33H52. The zero-order chi connectivity index (χ0) is 25.2. The molecule has 0 nitrogen and oxygen atoms in total. The van der Waals surface area contributed by atoms with Crippen molar-refractivity contribution in [3.8, 4) is 0 Å². The molecule has 184 valence electrons. The van der Waals surface area contributed by atoms with E-state index in [1.165, 1.54) is 12.8 Å². The molecule has 0 N–H and O–H groups in total. The molecule has 0 radical (unpaired) electrons. The average molecular weight is 449 g/mol. The van der Waals surface area contributed by atoms with Gasteiger partial charge in [0.1, 0.15) is 0 Å². The summed E-state index contributed by atoms with van der Waals surface area (Å²) < 4.78 is 0. The minimum Gasteiger partial charge on any atom is -0.0683 e. The van der Waals surface area contributed by atoms with Crippen molar-refractivity contribution in [1.82, 2.24) is 0 Å². The van der Waals surface area contributed by atoms with Gasteiger partial charge in [0.25, 0.3) is 0 Å². The highest BCUT2D eigenvalue weighted by Gasteiger charge is 2.56. The van der Waals surface area contributed by atoms with Crippen LogP contribution in [-0.2, 0) is 41.9 Å². The second kappa shape index (κ2) is 10.4. The van der Waals surface area contributed by atoms with E-state index in [9.17, 15) is 0 Å². The molecule has 0 aliphatic heterocycles. The Morgan fingerprint density at radius 2 is 0.727 bits per heavy atom. The summed E-state index contributed by atoms with van der Waals surface area (Å²) in [5.74, 6) is 0. The van der Waals surface area contributed by atoms with Crippen LogP contribution in [0.5, 0.6) is 0 Å². The summed E-state index contributed by atoms with van der Waals surface area (Å²) in [7, 11) is 0. The second-order valence-corrected chi connectivity index (χ2v) is 11.0. The fraction of sp³-hybridized carbons (Fsp3) is 0.636. The van der Waals surface area contributed by atoms with Crippen LogP contribution in [0.1, 0.15) is 140 Å². The Kier molecular flexibility index (Phi) is 8.70. The Hall–Kier alpha value is -1.56. The first-order valence-electron chi connectivity index (χ1n) is 14.0. The summed E-state index contributed by atoms with van der Waals surface area (Å²) in [5.41, 5.74) is 13.4. The summed E-state index contributed by atoms with van der Waals surface area (Å²) in [6.07, 6.45) is 7.05. The van der Waals surface area contributed by atoms with Crippen molar-refractivity contribution in [3.63, 3.8) is 0 Å². The topological polar surface area (TPSA) is 0 Å². The predicted molar refractivity (Wildman–Crippen MR) is 149 cm³/mol. The zero-order valence-corrected chi connectivity index (χ0v) is 24.1. The Morgan fingerprint density at radius 1 is 0.485 bits per heavy atom. The minimum absolute atomic E-state index is 0.185. The predicted octanol–water partition coefficient (Wildman–Crippen LogP) is 9.64. The number of benzene rings is 2. The Labute approximate surface area is 206 Å². The normalized spacial score (nSPS) is 18.1. The molecule has 0 heterocycles. The third-order valence-electron chi connectivity index (χ3n) is 8.18. The highest BCUT2D eigenvalue weighted by molar-refractivity contribution is 5.62. The van der Waals surface area contributed by atoms with Crippen LogP contribution in [0.25, 0.3) is 0 Å². The Balaban J connectivity index is 0.000000914. The van der Waals surface area contributed by atoms with Crippen molar-refractivity contribution in [2.75, 3.05) is 0 Å². The molecule has 0 amide bonds. The lowest BCUT2D eigenvalue weighted by Gasteiger charge is -2.31. The first-order chi connectivity index (χ1) is 15.6. The van der Waals surface area contributed by atoms with E-state index >= 15 is 0 Å². The molecule has 2 aromatic rings. The van der Waals surface area contributed by atoms with Crippen LogP contribution >= 0.6 is 0 Å². The maximum atomic E-state index is 2.62. The van der Waals surface area contributed by atoms with Crippen LogP contribution in [-0.4, -0.2) is 0 Å². The third kappa shape index (κ3) is 4.44. The van der Waals surface area contributed by atoms with E-state index in [0.717, 1.165) is 25.7 Å². The van der Waals surface area contributed by atoms with Gasteiger partial charge in [0, 0.05) is 5.41 Å². The summed E-state index contributed by atoms with van der Waals surface area (Å²) in [4.78, 5) is 0. The van der Waals surface area contributed by atoms with E-state index < -0.39 is 0 Å². The molecule has 0 heteroatoms. The molecule has 2 aliphatic rings. The standard InChI is InChI=1S/C29H40.2C2H6/c1-9-19-13-23-25(15-21(19)11-3)29(17-27(23,5)6)18-28(7,8)24-14-20(10-2)22(12-4)16-26(24)29;2*1-2/h13-16H,9-12,17-18H2,1-8H3;2*1-2H3. The maximum Gasteiger partial charge on any atom is 0.0225 e. The van der Waals surface area contributed by atoms with Gasteiger partial charge in [-0.1, -0.05) is 107 Å². The van der Waals surface area contributed by atoms with E-state index in [4.69, 9.17) is 0 Å². The third-order valence-corrected chi connectivity index (χ3v) is 8.18. The number of rotatable bonds is 4. The number of fused-ring (bicyclic) bond motifs is 4. The lowest BCUT2D eigenvalue weighted by molar-refractivity contribution is 0.349. The SMILES string of the molecule is CC.CC.CCc1cc2c(cc1CC)C1(CC2(C)C)CC(C)(C)c2cc(CC)c(CC)cc21. The lowest BCUT2D eigenvalue weighted by atomic mass is 9.72. The zero-order valence-electron chi connectivity index (χ0n) is 24.1. The molecule has 33 heavy (non-hydrogen) atoms. The molecule has 2 aromatic carbocycles. The fourth-order valence-corrected chi connectivity index (χ4v) is 6.89. The van der Waals surface area contributed by atoms with Crippen LogP contribution in [0.3, 0.4) is 0 Å². The Bertz CT molecular complexity index is 875. The molecule has 0 saturated carbocycles. The number of hydrogen-bond donors (Lipinski definition) is 0. The summed E-state index contributed by atoms with van der Waals surface area (Å²) in [5, 5.41) is 0. The van der Waals surface area contributed by atoms with E-state index in [2.05, 4.69) is 79.7 Å². The van der Waals surface area contributed by atoms with Gasteiger partial charge < -0.3 is 0 Å². The molecule has 2 aliphatic carbocycles. The van der Waals surface area contributed by atoms with Crippen LogP contribution in [0, 0.1) is 0 Å². The molecule has 0 fully saturated rings. The highest BCUT2D eigenvalue weighted by Crippen LogP contribution is 2.63. The summed E-state index contributed by atoms with van der Waals surface area (Å²) in [6, 6.07) is 10.4. The van der Waals surface area contributed by atoms with Crippen LogP contribution in [0.15, 0.2) is 24.3 Å². The van der Waals surface area contributed by atoms with Gasteiger partial charge >= 0.3 is 0 Å². The first kappa shape index (κ1) is 27.7. The van der Waals surface area contributed by atoms with Crippen molar-refractivity contribution in [2.45, 2.75) is 138 Å². The van der Waals surface area contributed by atoms with Gasteiger partial charge in [-0.05, 0) is 93.9 Å². The fourth-order valence-electron chi connectivity index (χ4n) is 6.89. The molecule has 0 bridgehead atoms. The average Bonchev–Trinajstić information content (AvgIpc) is 3.18. The number of hydrogen-bond acceptors (Lipinski definition) is 0. The quantitative estimate of drug-likeness (QED) is 0.436. The number of aryl methyl sites for hydroxylation is 4. The van der Waals surface area contributed by atoms with Crippen LogP contribution in [0.4, 0.5) is 0 Å². The van der Waals surface area contributed by atoms with Gasteiger partial charge in [0.05, 0.1) is 0 Å². The molecule has 4 rings (SSSR count). The summed E-state index contributed by atoms with van der Waals surface area (Å²) in [6.45, 7) is 27.2. The van der Waals surface area contributed by atoms with Gasteiger partial charge in [-0.25, -0.2) is 0 Å². The van der Waals surface area contributed by atoms with E-state index in [0.29, 0.717) is 0 Å². The van der Waals surface area contributed by atoms with E-state index in [1.54, 1.807) is 44.5 Å². The second-order valence-electron chi connectivity index (χ2n) is 11.0. The minimum atomic E-state index is 0.185. The molecule has 0 aromatic heterocycles. The van der Waals surface area contributed by atoms with Crippen LogP contribution < -0.4 is 0 Å². The van der Waals surface area contributed by atoms with Crippen molar-refractivity contribution in [3.05, 3.63) is 68.8 Å². The van der Waals surface area contributed by atoms with Gasteiger partial charge in [-0.15, -0.1) is 0 Å². The monoisotopic (exact) mass is 448 g/mol. The van der Waals surface area contributed by atoms with Crippen molar-refractivity contribution >= 4 is 0 Å². The summed E-state index contributed by atoms with van der Waals surface area (Å²) >= 11 is 0. The first-order valence-corrected chi connectivity index (χ1v) is 14.0. The van der Waals surface area contributed by atoms with E-state index in [-0.39, 0.29) is 16.2 Å². The molecule has 0 saturated heterocycles. The molecule has 0 unspecified atom stereocenters. The maximum absolute atomic E-state index is 2.62. The van der Waals surface area contributed by atoms with Gasteiger partial charge in [-0.3, -0.25) is 0 Å². The van der Waals surface area contributed by atoms with Gasteiger partial charge in [0.2, 0.25) is 0 Å². The van der Waals surface area contributed by atoms with E-state index in [1.807, 2.05) is 27.7 Å². The Morgan fingerprint density at radius 3 is 0.970 bits per heavy atom. The largest absolute Gasteiger partial charge is 0.0683 e. The smallest absolute Gasteiger partial charge is 0.0225 e. The molecule has 0 atom stereocenters. The van der Waals surface area contributed by atoms with Crippen molar-refractivity contribution in [1.29, 1.82) is 0 Å². The van der Waals surface area contributed by atoms with Gasteiger partial charge in [0.15, 0.2) is 0 Å². The van der Waals surface area contributed by atoms with Crippen molar-refractivity contribution in [2.24, 2.45) is 0 Å². The highest BCUT2D eigenvalue weighted by atomic mass is 14.6. The van der Waals surface area contributed by atoms with Crippen molar-refractivity contribution < 1.29 is 0 Å². The molecular weight excluding hydrogens is 396 g/mol. The molecule has 1 spiro atoms. The van der Waals surface area contributed by atoms with Crippen LogP contribution in [0.2, 0.25) is 0 Å².